The van der Waals surface area contributed by atoms with Gasteiger partial charge in [0.2, 0.25) is 5.89 Å². The van der Waals surface area contributed by atoms with Crippen LogP contribution >= 0.6 is 0 Å². The lowest BCUT2D eigenvalue weighted by Gasteiger charge is -2.38. The van der Waals surface area contributed by atoms with E-state index in [0.29, 0.717) is 31.2 Å². The Morgan fingerprint density at radius 1 is 1.29 bits per heavy atom. The van der Waals surface area contributed by atoms with Gasteiger partial charge < -0.3 is 14.2 Å². The Morgan fingerprint density at radius 2 is 2.08 bits per heavy atom. The maximum Gasteiger partial charge on any atom is 0.229 e. The summed E-state index contributed by atoms with van der Waals surface area (Å²) in [6.45, 7) is 10.2. The summed E-state index contributed by atoms with van der Waals surface area (Å²) in [6.07, 6.45) is 2.04. The van der Waals surface area contributed by atoms with Gasteiger partial charge in [-0.1, -0.05) is 31.1 Å². The van der Waals surface area contributed by atoms with Gasteiger partial charge in [0.15, 0.2) is 5.82 Å². The summed E-state index contributed by atoms with van der Waals surface area (Å²) in [5.41, 5.74) is 0.00940. The Balaban J connectivity index is 1.63. The zero-order chi connectivity index (χ0) is 17.4. The highest BCUT2D eigenvalue weighted by molar-refractivity contribution is 5.13. The normalized spacial score (nSPS) is 22.9. The molecule has 1 aliphatic heterocycles. The van der Waals surface area contributed by atoms with Crippen LogP contribution in [0.5, 0.6) is 0 Å². The Bertz CT molecular complexity index is 688. The van der Waals surface area contributed by atoms with E-state index in [1.54, 1.807) is 6.92 Å². The molecule has 0 radical (unpaired) electrons. The van der Waals surface area contributed by atoms with Gasteiger partial charge in [0, 0.05) is 24.6 Å². The van der Waals surface area contributed by atoms with Crippen LogP contribution in [-0.4, -0.2) is 44.0 Å². The van der Waals surface area contributed by atoms with E-state index in [1.807, 2.05) is 6.07 Å². The number of β-amino-alcohol motifs (C(OH)–C–C–N with tert-alkyl or cyclic N) is 1. The van der Waals surface area contributed by atoms with Crippen LogP contribution in [0.2, 0.25) is 0 Å². The minimum Gasteiger partial charge on any atom is -0.388 e. The highest BCUT2D eigenvalue weighted by Gasteiger charge is 2.35. The second-order valence-corrected chi connectivity index (χ2v) is 7.88. The molecule has 3 rings (SSSR count). The van der Waals surface area contributed by atoms with Crippen molar-refractivity contribution in [3.8, 4) is 0 Å². The van der Waals surface area contributed by atoms with E-state index in [9.17, 15) is 5.11 Å². The SMILES string of the molecule is Cc1noc(CC2(O)CCCN(Cc3cc(C(C)(C)C)on3)C2)n1. The Kier molecular flexibility index (Phi) is 4.48. The third-order valence-corrected chi connectivity index (χ3v) is 4.37. The Hall–Kier alpha value is -1.73. The molecule has 7 nitrogen and oxygen atoms in total. The van der Waals surface area contributed by atoms with E-state index >= 15 is 0 Å². The van der Waals surface area contributed by atoms with E-state index in [-0.39, 0.29) is 5.41 Å². The molecule has 1 saturated heterocycles. The van der Waals surface area contributed by atoms with Crippen LogP contribution in [0.15, 0.2) is 15.1 Å². The first-order valence-electron chi connectivity index (χ1n) is 8.44. The van der Waals surface area contributed by atoms with Gasteiger partial charge in [-0.3, -0.25) is 4.90 Å². The fourth-order valence-corrected chi connectivity index (χ4v) is 3.15. The van der Waals surface area contributed by atoms with Gasteiger partial charge in [-0.15, -0.1) is 0 Å². The fourth-order valence-electron chi connectivity index (χ4n) is 3.15. The van der Waals surface area contributed by atoms with Crippen molar-refractivity contribution in [3.63, 3.8) is 0 Å². The quantitative estimate of drug-likeness (QED) is 0.917. The molecule has 0 aliphatic carbocycles. The van der Waals surface area contributed by atoms with E-state index in [0.717, 1.165) is 30.8 Å². The fraction of sp³-hybridized carbons (Fsp3) is 0.706. The summed E-state index contributed by atoms with van der Waals surface area (Å²) in [5.74, 6) is 1.97. The number of aromatic nitrogens is 3. The van der Waals surface area contributed by atoms with Crippen molar-refractivity contribution in [3.05, 3.63) is 29.2 Å². The molecule has 0 aromatic carbocycles. The lowest BCUT2D eigenvalue weighted by atomic mass is 9.89. The molecular weight excluding hydrogens is 308 g/mol. The number of piperidine rings is 1. The van der Waals surface area contributed by atoms with Crippen molar-refractivity contribution in [2.45, 2.75) is 64.5 Å². The molecule has 0 amide bonds. The highest BCUT2D eigenvalue weighted by Crippen LogP contribution is 2.27. The van der Waals surface area contributed by atoms with Gasteiger partial charge in [0.25, 0.3) is 0 Å². The van der Waals surface area contributed by atoms with Gasteiger partial charge in [-0.05, 0) is 26.3 Å². The number of hydrogen-bond acceptors (Lipinski definition) is 7. The van der Waals surface area contributed by atoms with Gasteiger partial charge in [-0.25, -0.2) is 0 Å². The van der Waals surface area contributed by atoms with Crippen molar-refractivity contribution in [1.29, 1.82) is 0 Å². The van der Waals surface area contributed by atoms with Crippen molar-refractivity contribution in [1.82, 2.24) is 20.2 Å². The predicted molar refractivity (Wildman–Crippen MR) is 87.4 cm³/mol. The van der Waals surface area contributed by atoms with Crippen LogP contribution in [0.3, 0.4) is 0 Å². The van der Waals surface area contributed by atoms with Gasteiger partial charge in [0.1, 0.15) is 5.76 Å². The molecule has 1 aliphatic rings. The van der Waals surface area contributed by atoms with E-state index < -0.39 is 5.60 Å². The number of rotatable bonds is 4. The minimum atomic E-state index is -0.839. The first kappa shape index (κ1) is 17.1. The monoisotopic (exact) mass is 334 g/mol. The molecule has 0 saturated carbocycles. The smallest absolute Gasteiger partial charge is 0.229 e. The lowest BCUT2D eigenvalue weighted by Crippen LogP contribution is -2.49. The summed E-state index contributed by atoms with van der Waals surface area (Å²) in [4.78, 5) is 6.41. The van der Waals surface area contributed by atoms with E-state index in [4.69, 9.17) is 9.05 Å². The molecule has 1 fully saturated rings. The summed E-state index contributed by atoms with van der Waals surface area (Å²) in [7, 11) is 0. The summed E-state index contributed by atoms with van der Waals surface area (Å²) < 4.78 is 10.6. The van der Waals surface area contributed by atoms with Crippen molar-refractivity contribution >= 4 is 0 Å². The topological polar surface area (TPSA) is 88.4 Å². The first-order chi connectivity index (χ1) is 11.2. The summed E-state index contributed by atoms with van der Waals surface area (Å²) >= 11 is 0. The first-order valence-corrected chi connectivity index (χ1v) is 8.44. The van der Waals surface area contributed by atoms with E-state index in [2.05, 4.69) is 41.0 Å². The number of hydrogen-bond donors (Lipinski definition) is 1. The second-order valence-electron chi connectivity index (χ2n) is 7.88. The van der Waals surface area contributed by atoms with Crippen molar-refractivity contribution in [2.24, 2.45) is 0 Å². The van der Waals surface area contributed by atoms with Crippen molar-refractivity contribution in [2.75, 3.05) is 13.1 Å². The second kappa shape index (κ2) is 6.29. The Morgan fingerprint density at radius 3 is 2.71 bits per heavy atom. The zero-order valence-electron chi connectivity index (χ0n) is 14.9. The average molecular weight is 334 g/mol. The van der Waals surface area contributed by atoms with Gasteiger partial charge in [-0.2, -0.15) is 4.98 Å². The van der Waals surface area contributed by atoms with Gasteiger partial charge >= 0.3 is 0 Å². The highest BCUT2D eigenvalue weighted by atomic mass is 16.5. The molecular formula is C17H26N4O3. The van der Waals surface area contributed by atoms with Crippen LogP contribution in [0.25, 0.3) is 0 Å². The van der Waals surface area contributed by atoms with Crippen LogP contribution in [0, 0.1) is 6.92 Å². The maximum atomic E-state index is 10.9. The van der Waals surface area contributed by atoms with Gasteiger partial charge in [0.05, 0.1) is 17.7 Å². The average Bonchev–Trinajstić information content (AvgIpc) is 3.07. The molecule has 0 spiro atoms. The van der Waals surface area contributed by atoms with Crippen LogP contribution in [0.1, 0.15) is 56.8 Å². The molecule has 0 bridgehead atoms. The zero-order valence-corrected chi connectivity index (χ0v) is 14.9. The molecule has 3 heterocycles. The number of nitrogens with zero attached hydrogens (tertiary/aromatic N) is 4. The standard InChI is InChI=1S/C17H26N4O3/c1-12-18-15(24-19-12)9-17(22)6-5-7-21(11-17)10-13-8-14(23-20-13)16(2,3)4/h8,22H,5-7,9-11H2,1-4H3. The largest absolute Gasteiger partial charge is 0.388 e. The molecule has 24 heavy (non-hydrogen) atoms. The number of aryl methyl sites for hydroxylation is 1. The van der Waals surface area contributed by atoms with Crippen molar-refractivity contribution < 1.29 is 14.2 Å². The lowest BCUT2D eigenvalue weighted by molar-refractivity contribution is -0.0378. The molecule has 1 N–H and O–H groups in total. The predicted octanol–water partition coefficient (Wildman–Crippen LogP) is 2.23. The molecule has 1 unspecified atom stereocenters. The third-order valence-electron chi connectivity index (χ3n) is 4.37. The molecule has 2 aromatic rings. The Labute approximate surface area is 142 Å². The van der Waals surface area contributed by atoms with E-state index in [1.165, 1.54) is 0 Å². The van der Waals surface area contributed by atoms with Crippen LogP contribution in [0.4, 0.5) is 0 Å². The maximum absolute atomic E-state index is 10.9. The summed E-state index contributed by atoms with van der Waals surface area (Å²) in [6, 6.07) is 2.01. The van der Waals surface area contributed by atoms with Crippen LogP contribution < -0.4 is 0 Å². The number of aliphatic hydroxyl groups is 1. The minimum absolute atomic E-state index is 0.0519. The summed E-state index contributed by atoms with van der Waals surface area (Å²) in [5, 5.41) is 18.9. The number of likely N-dealkylation sites (tertiary alicyclic amines) is 1. The third kappa shape index (κ3) is 4.02. The molecule has 2 aromatic heterocycles. The molecule has 132 valence electrons. The molecule has 7 heteroatoms. The molecule has 1 atom stereocenters. The van der Waals surface area contributed by atoms with Crippen LogP contribution in [-0.2, 0) is 18.4 Å².